The van der Waals surface area contributed by atoms with E-state index >= 15 is 0 Å². The maximum absolute atomic E-state index is 12.3. The number of pyridine rings is 1. The monoisotopic (exact) mass is 562 g/mol. The maximum atomic E-state index is 12.3. The van der Waals surface area contributed by atoms with Crippen LogP contribution >= 0.6 is 11.8 Å². The molecule has 1 aliphatic heterocycles. The molecule has 5 aromatic rings. The van der Waals surface area contributed by atoms with Crippen LogP contribution in [0.25, 0.3) is 33.3 Å². The number of hydrogen-bond acceptors (Lipinski definition) is 7. The summed E-state index contributed by atoms with van der Waals surface area (Å²) < 4.78 is 16.4. The van der Waals surface area contributed by atoms with E-state index < -0.39 is 0 Å². The Bertz CT molecular complexity index is 1710. The molecule has 0 saturated carbocycles. The lowest BCUT2D eigenvalue weighted by atomic mass is 9.96. The molecule has 2 heterocycles. The van der Waals surface area contributed by atoms with Gasteiger partial charge in [-0.1, -0.05) is 36.4 Å². The molecule has 7 heteroatoms. The summed E-state index contributed by atoms with van der Waals surface area (Å²) in [7, 11) is 3.31. The topological polar surface area (TPSA) is 60.9 Å². The van der Waals surface area contributed by atoms with E-state index in [9.17, 15) is 4.79 Å². The molecule has 0 aliphatic carbocycles. The molecule has 1 aliphatic rings. The summed E-state index contributed by atoms with van der Waals surface area (Å²) in [5.41, 5.74) is 7.33. The first-order valence-corrected chi connectivity index (χ1v) is 14.5. The Kier molecular flexibility index (Phi) is 7.53. The Morgan fingerprint density at radius 1 is 0.854 bits per heavy atom. The van der Waals surface area contributed by atoms with Gasteiger partial charge in [-0.2, -0.15) is 0 Å². The van der Waals surface area contributed by atoms with Crippen LogP contribution in [0.15, 0.2) is 95.9 Å². The van der Waals surface area contributed by atoms with Gasteiger partial charge in [-0.3, -0.25) is 0 Å². The van der Waals surface area contributed by atoms with Crippen LogP contribution in [0.2, 0.25) is 0 Å². The molecule has 4 aromatic carbocycles. The van der Waals surface area contributed by atoms with E-state index in [1.54, 1.807) is 33.3 Å². The van der Waals surface area contributed by atoms with Crippen molar-refractivity contribution in [3.05, 3.63) is 96.6 Å². The SMILES string of the molecule is CCOC(=O)c1ccc(-c2cc(-c3cc(OC)cc(OC)c3)c3cccc(N4CCSc5ccccc54)c3n2)cc1. The lowest BCUT2D eigenvalue weighted by Gasteiger charge is -2.31. The number of anilines is 2. The normalized spacial score (nSPS) is 12.6. The van der Waals surface area contributed by atoms with E-state index in [1.165, 1.54) is 10.6 Å². The van der Waals surface area contributed by atoms with Crippen molar-refractivity contribution in [3.63, 3.8) is 0 Å². The predicted octanol–water partition coefficient (Wildman–Crippen LogP) is 8.01. The van der Waals surface area contributed by atoms with Crippen LogP contribution in [-0.2, 0) is 4.74 Å². The van der Waals surface area contributed by atoms with Crippen LogP contribution in [0, 0.1) is 0 Å². The van der Waals surface area contributed by atoms with Crippen LogP contribution in [0.3, 0.4) is 0 Å². The van der Waals surface area contributed by atoms with Gasteiger partial charge in [0.05, 0.1) is 49.0 Å². The van der Waals surface area contributed by atoms with Gasteiger partial charge < -0.3 is 19.1 Å². The quantitative estimate of drug-likeness (QED) is 0.186. The highest BCUT2D eigenvalue weighted by atomic mass is 32.2. The lowest BCUT2D eigenvalue weighted by molar-refractivity contribution is 0.0526. The highest BCUT2D eigenvalue weighted by Gasteiger charge is 2.22. The van der Waals surface area contributed by atoms with Gasteiger partial charge in [0.15, 0.2) is 0 Å². The van der Waals surface area contributed by atoms with Gasteiger partial charge in [-0.15, -0.1) is 11.8 Å². The first-order chi connectivity index (χ1) is 20.1. The van der Waals surface area contributed by atoms with Gasteiger partial charge in [-0.05, 0) is 66.6 Å². The van der Waals surface area contributed by atoms with Crippen molar-refractivity contribution in [1.29, 1.82) is 0 Å². The van der Waals surface area contributed by atoms with Gasteiger partial charge in [0.1, 0.15) is 11.5 Å². The van der Waals surface area contributed by atoms with E-state index in [1.807, 2.05) is 42.1 Å². The number of aromatic nitrogens is 1. The van der Waals surface area contributed by atoms with Crippen LogP contribution in [0.1, 0.15) is 17.3 Å². The highest BCUT2D eigenvalue weighted by Crippen LogP contribution is 2.43. The maximum Gasteiger partial charge on any atom is 0.338 e. The molecule has 0 unspecified atom stereocenters. The molecule has 0 N–H and O–H groups in total. The molecule has 0 atom stereocenters. The fraction of sp³-hybridized carbons (Fsp3) is 0.176. The molecule has 0 radical (unpaired) electrons. The summed E-state index contributed by atoms with van der Waals surface area (Å²) in [6, 6.07) is 30.3. The molecule has 0 spiro atoms. The molecule has 206 valence electrons. The van der Waals surface area contributed by atoms with Gasteiger partial charge in [0.2, 0.25) is 0 Å². The molecular weight excluding hydrogens is 532 g/mol. The van der Waals surface area contributed by atoms with Crippen LogP contribution in [-0.4, -0.2) is 44.1 Å². The second-order valence-corrected chi connectivity index (χ2v) is 10.7. The average molecular weight is 563 g/mol. The minimum atomic E-state index is -0.335. The summed E-state index contributed by atoms with van der Waals surface area (Å²) in [6.45, 7) is 3.02. The van der Waals surface area contributed by atoms with E-state index in [-0.39, 0.29) is 5.97 Å². The zero-order valence-corrected chi connectivity index (χ0v) is 24.0. The molecule has 41 heavy (non-hydrogen) atoms. The number of thioether (sulfide) groups is 1. The summed E-state index contributed by atoms with van der Waals surface area (Å²) in [5.74, 6) is 2.08. The third-order valence-corrected chi connectivity index (χ3v) is 8.23. The number of carbonyl (C=O) groups is 1. The zero-order valence-electron chi connectivity index (χ0n) is 23.2. The predicted molar refractivity (Wildman–Crippen MR) is 166 cm³/mol. The van der Waals surface area contributed by atoms with Crippen LogP contribution in [0.4, 0.5) is 11.4 Å². The Morgan fingerprint density at radius 2 is 1.59 bits per heavy atom. The second kappa shape index (κ2) is 11.6. The molecular formula is C34H30N2O4S. The minimum absolute atomic E-state index is 0.334. The smallest absolute Gasteiger partial charge is 0.338 e. The highest BCUT2D eigenvalue weighted by molar-refractivity contribution is 7.99. The van der Waals surface area contributed by atoms with Gasteiger partial charge in [0.25, 0.3) is 0 Å². The molecule has 0 amide bonds. The van der Waals surface area contributed by atoms with Gasteiger partial charge in [0, 0.05) is 34.2 Å². The second-order valence-electron chi connectivity index (χ2n) is 9.60. The molecule has 6 rings (SSSR count). The van der Waals surface area contributed by atoms with Crippen molar-refractivity contribution in [2.45, 2.75) is 11.8 Å². The Morgan fingerprint density at radius 3 is 2.32 bits per heavy atom. The number of benzene rings is 4. The molecule has 6 nitrogen and oxygen atoms in total. The number of nitrogens with zero attached hydrogens (tertiary/aromatic N) is 2. The van der Waals surface area contributed by atoms with Crippen molar-refractivity contribution in [2.24, 2.45) is 0 Å². The summed E-state index contributed by atoms with van der Waals surface area (Å²) in [4.78, 5) is 21.2. The fourth-order valence-electron chi connectivity index (χ4n) is 5.21. The van der Waals surface area contributed by atoms with Crippen molar-refractivity contribution >= 4 is 40.0 Å². The largest absolute Gasteiger partial charge is 0.497 e. The standard InChI is InChI=1S/C34H30N2O4S/c1-4-40-34(37)23-14-12-22(13-15-23)29-21-28(24-18-25(38-2)20-26(19-24)39-3)27-8-7-10-31(33(27)35-29)36-16-17-41-32-11-6-5-9-30(32)36/h5-15,18-21H,4,16-17H2,1-3H3. The fourth-order valence-corrected chi connectivity index (χ4v) is 6.21. The number of hydrogen-bond donors (Lipinski definition) is 0. The first-order valence-electron chi connectivity index (χ1n) is 13.5. The molecule has 0 saturated heterocycles. The van der Waals surface area contributed by atoms with E-state index in [2.05, 4.69) is 53.4 Å². The number of fused-ring (bicyclic) bond motifs is 2. The van der Waals surface area contributed by atoms with Crippen LogP contribution in [0.5, 0.6) is 11.5 Å². The van der Waals surface area contributed by atoms with E-state index in [0.717, 1.165) is 51.3 Å². The third kappa shape index (κ3) is 5.21. The molecule has 0 fully saturated rings. The first kappa shape index (κ1) is 26.7. The Balaban J connectivity index is 1.58. The minimum Gasteiger partial charge on any atom is -0.497 e. The number of methoxy groups -OCH3 is 2. The average Bonchev–Trinajstić information content (AvgIpc) is 3.03. The van der Waals surface area contributed by atoms with Crippen molar-refractivity contribution < 1.29 is 19.0 Å². The van der Waals surface area contributed by atoms with E-state index in [0.29, 0.717) is 23.7 Å². The van der Waals surface area contributed by atoms with Gasteiger partial charge >= 0.3 is 5.97 Å². The van der Waals surface area contributed by atoms with Crippen molar-refractivity contribution in [2.75, 3.05) is 38.0 Å². The molecule has 0 bridgehead atoms. The lowest BCUT2D eigenvalue weighted by Crippen LogP contribution is -2.24. The number of ether oxygens (including phenoxy) is 3. The summed E-state index contributed by atoms with van der Waals surface area (Å²) >= 11 is 1.88. The summed E-state index contributed by atoms with van der Waals surface area (Å²) in [6.07, 6.45) is 0. The number of esters is 1. The molecule has 1 aromatic heterocycles. The van der Waals surface area contributed by atoms with E-state index in [4.69, 9.17) is 19.2 Å². The third-order valence-electron chi connectivity index (χ3n) is 7.19. The van der Waals surface area contributed by atoms with Crippen molar-refractivity contribution in [1.82, 2.24) is 4.98 Å². The Hall–Kier alpha value is -4.49. The number of carbonyl (C=O) groups excluding carboxylic acids is 1. The van der Waals surface area contributed by atoms with Crippen LogP contribution < -0.4 is 14.4 Å². The summed E-state index contributed by atoms with van der Waals surface area (Å²) in [5, 5.41) is 1.03. The van der Waals surface area contributed by atoms with Gasteiger partial charge in [-0.25, -0.2) is 9.78 Å². The Labute approximate surface area is 243 Å². The zero-order chi connectivity index (χ0) is 28.3. The van der Waals surface area contributed by atoms with Crippen molar-refractivity contribution in [3.8, 4) is 33.9 Å². The number of rotatable bonds is 7. The number of para-hydroxylation sites is 2.